The van der Waals surface area contributed by atoms with Crippen molar-refractivity contribution in [3.05, 3.63) is 41.5 Å². The average Bonchev–Trinajstić information content (AvgIpc) is 2.39. The first kappa shape index (κ1) is 12.7. The summed E-state index contributed by atoms with van der Waals surface area (Å²) >= 11 is 6.18. The minimum Gasteiger partial charge on any atom is -0.458 e. The molecule has 2 aliphatic rings. The van der Waals surface area contributed by atoms with Gasteiger partial charge in [0.1, 0.15) is 6.10 Å². The van der Waals surface area contributed by atoms with Gasteiger partial charge in [-0.25, -0.2) is 4.79 Å². The molecule has 1 aromatic rings. The van der Waals surface area contributed by atoms with E-state index >= 15 is 0 Å². The molecule has 100 valence electrons. The molecule has 1 fully saturated rings. The zero-order chi connectivity index (χ0) is 13.4. The van der Waals surface area contributed by atoms with E-state index in [-0.39, 0.29) is 17.5 Å². The summed E-state index contributed by atoms with van der Waals surface area (Å²) in [7, 11) is 0. The molecule has 3 rings (SSSR count). The minimum absolute atomic E-state index is 0.0313. The molecule has 1 aliphatic carbocycles. The van der Waals surface area contributed by atoms with Crippen molar-refractivity contribution >= 4 is 23.1 Å². The number of hydrogen-bond acceptors (Lipinski definition) is 2. The van der Waals surface area contributed by atoms with Crippen molar-refractivity contribution in [2.75, 3.05) is 0 Å². The largest absolute Gasteiger partial charge is 0.458 e. The van der Waals surface area contributed by atoms with Crippen LogP contribution < -0.4 is 0 Å². The van der Waals surface area contributed by atoms with E-state index in [9.17, 15) is 4.79 Å². The summed E-state index contributed by atoms with van der Waals surface area (Å²) in [5, 5.41) is 0.139. The standard InChI is InChI=1S/C16H17ClO2/c1-10-13-8-7-12(17)9-14(13)19-16(18)15(10)11-5-3-2-4-6-11/h2-6,12-14H,7-9H2,1H3/t12-,13-,14+/m0/s1. The third-order valence-corrected chi connectivity index (χ3v) is 4.60. The molecule has 1 heterocycles. The summed E-state index contributed by atoms with van der Waals surface area (Å²) in [5.74, 6) is 0.138. The predicted molar refractivity (Wildman–Crippen MR) is 75.9 cm³/mol. The van der Waals surface area contributed by atoms with Crippen molar-refractivity contribution in [2.24, 2.45) is 5.92 Å². The van der Waals surface area contributed by atoms with Crippen LogP contribution in [0.1, 0.15) is 31.7 Å². The second-order valence-electron chi connectivity index (χ2n) is 5.38. The maximum atomic E-state index is 12.2. The van der Waals surface area contributed by atoms with E-state index in [1.165, 1.54) is 0 Å². The molecular weight excluding hydrogens is 260 g/mol. The Morgan fingerprint density at radius 3 is 2.68 bits per heavy atom. The van der Waals surface area contributed by atoms with Crippen LogP contribution in [-0.4, -0.2) is 17.5 Å². The van der Waals surface area contributed by atoms with E-state index < -0.39 is 0 Å². The quantitative estimate of drug-likeness (QED) is 0.576. The SMILES string of the molecule is CC1=C(c2ccccc2)C(=O)O[C@@H]2C[C@@H](Cl)CC[C@@H]12. The van der Waals surface area contributed by atoms with E-state index in [0.29, 0.717) is 5.92 Å². The molecule has 0 saturated heterocycles. The Morgan fingerprint density at radius 1 is 1.21 bits per heavy atom. The van der Waals surface area contributed by atoms with Crippen LogP contribution in [0.2, 0.25) is 0 Å². The first-order valence-electron chi connectivity index (χ1n) is 6.78. The second kappa shape index (κ2) is 5.01. The molecular formula is C16H17ClO2. The van der Waals surface area contributed by atoms with Crippen molar-refractivity contribution in [2.45, 2.75) is 37.7 Å². The highest BCUT2D eigenvalue weighted by atomic mass is 35.5. The highest BCUT2D eigenvalue weighted by molar-refractivity contribution is 6.21. The third kappa shape index (κ3) is 2.30. The van der Waals surface area contributed by atoms with Crippen molar-refractivity contribution in [1.29, 1.82) is 0 Å². The minimum atomic E-state index is -0.198. The fraction of sp³-hybridized carbons (Fsp3) is 0.438. The van der Waals surface area contributed by atoms with E-state index in [1.54, 1.807) is 0 Å². The Bertz CT molecular complexity index is 521. The van der Waals surface area contributed by atoms with Gasteiger partial charge in [0.15, 0.2) is 0 Å². The molecule has 1 aromatic carbocycles. The molecule has 1 aliphatic heterocycles. The Hall–Kier alpha value is -1.28. The van der Waals surface area contributed by atoms with Crippen molar-refractivity contribution in [1.82, 2.24) is 0 Å². The Balaban J connectivity index is 2.00. The van der Waals surface area contributed by atoms with Crippen molar-refractivity contribution in [3.8, 4) is 0 Å². The van der Waals surface area contributed by atoms with Gasteiger partial charge in [-0.1, -0.05) is 35.9 Å². The van der Waals surface area contributed by atoms with Gasteiger partial charge in [-0.3, -0.25) is 0 Å². The molecule has 19 heavy (non-hydrogen) atoms. The van der Waals surface area contributed by atoms with Gasteiger partial charge in [-0.05, 0) is 25.3 Å². The lowest BCUT2D eigenvalue weighted by atomic mass is 9.77. The molecule has 1 saturated carbocycles. The molecule has 0 N–H and O–H groups in total. The van der Waals surface area contributed by atoms with Crippen molar-refractivity contribution in [3.63, 3.8) is 0 Å². The summed E-state index contributed by atoms with van der Waals surface area (Å²) in [6.07, 6.45) is 2.75. The number of alkyl halides is 1. The normalized spacial score (nSPS) is 30.8. The maximum Gasteiger partial charge on any atom is 0.338 e. The predicted octanol–water partition coefficient (Wildman–Crippen LogP) is 3.79. The van der Waals surface area contributed by atoms with E-state index in [1.807, 2.05) is 30.3 Å². The van der Waals surface area contributed by atoms with Crippen LogP contribution in [0.4, 0.5) is 0 Å². The van der Waals surface area contributed by atoms with Gasteiger partial charge >= 0.3 is 5.97 Å². The number of carbonyl (C=O) groups is 1. The highest BCUT2D eigenvalue weighted by Gasteiger charge is 2.39. The number of rotatable bonds is 1. The van der Waals surface area contributed by atoms with E-state index in [4.69, 9.17) is 16.3 Å². The molecule has 2 nitrogen and oxygen atoms in total. The third-order valence-electron chi connectivity index (χ3n) is 4.20. The summed E-state index contributed by atoms with van der Waals surface area (Å²) < 4.78 is 5.62. The zero-order valence-corrected chi connectivity index (χ0v) is 11.7. The average molecular weight is 277 g/mol. The number of benzene rings is 1. The van der Waals surface area contributed by atoms with Gasteiger partial charge < -0.3 is 4.74 Å². The number of ether oxygens (including phenoxy) is 1. The molecule has 0 aromatic heterocycles. The number of halogens is 1. The fourth-order valence-corrected chi connectivity index (χ4v) is 3.50. The van der Waals surface area contributed by atoms with Gasteiger partial charge in [-0.2, -0.15) is 0 Å². The van der Waals surface area contributed by atoms with Gasteiger partial charge in [0.2, 0.25) is 0 Å². The van der Waals surface area contributed by atoms with Crippen LogP contribution in [0.3, 0.4) is 0 Å². The van der Waals surface area contributed by atoms with Crippen LogP contribution in [0.5, 0.6) is 0 Å². The molecule has 3 atom stereocenters. The molecule has 0 spiro atoms. The van der Waals surface area contributed by atoms with E-state index in [0.717, 1.165) is 36.0 Å². The summed E-state index contributed by atoms with van der Waals surface area (Å²) in [5.41, 5.74) is 2.86. The van der Waals surface area contributed by atoms with Gasteiger partial charge in [0, 0.05) is 17.7 Å². The summed E-state index contributed by atoms with van der Waals surface area (Å²) in [6.45, 7) is 2.06. The number of hydrogen-bond donors (Lipinski definition) is 0. The molecule has 0 bridgehead atoms. The number of fused-ring (bicyclic) bond motifs is 1. The second-order valence-corrected chi connectivity index (χ2v) is 6.00. The Morgan fingerprint density at radius 2 is 1.95 bits per heavy atom. The molecule has 0 radical (unpaired) electrons. The van der Waals surface area contributed by atoms with Crippen LogP contribution in [0.25, 0.3) is 5.57 Å². The van der Waals surface area contributed by atoms with Crippen LogP contribution in [0.15, 0.2) is 35.9 Å². The fourth-order valence-electron chi connectivity index (χ4n) is 3.20. The van der Waals surface area contributed by atoms with Crippen LogP contribution in [0, 0.1) is 5.92 Å². The molecule has 0 amide bonds. The Kier molecular flexibility index (Phi) is 3.36. The summed E-state index contributed by atoms with van der Waals surface area (Å²) in [6, 6.07) is 9.78. The van der Waals surface area contributed by atoms with Gasteiger partial charge in [0.25, 0.3) is 0 Å². The van der Waals surface area contributed by atoms with Crippen molar-refractivity contribution < 1.29 is 9.53 Å². The van der Waals surface area contributed by atoms with Crippen LogP contribution >= 0.6 is 11.6 Å². The monoisotopic (exact) mass is 276 g/mol. The highest BCUT2D eigenvalue weighted by Crippen LogP contribution is 2.41. The number of carbonyl (C=O) groups excluding carboxylic acids is 1. The first-order valence-corrected chi connectivity index (χ1v) is 7.21. The smallest absolute Gasteiger partial charge is 0.338 e. The maximum absolute atomic E-state index is 12.2. The molecule has 3 heteroatoms. The number of esters is 1. The summed E-state index contributed by atoms with van der Waals surface area (Å²) in [4.78, 5) is 12.2. The topological polar surface area (TPSA) is 26.3 Å². The van der Waals surface area contributed by atoms with E-state index in [2.05, 4.69) is 6.92 Å². The lowest BCUT2D eigenvalue weighted by Gasteiger charge is -2.38. The lowest BCUT2D eigenvalue weighted by Crippen LogP contribution is -2.39. The lowest BCUT2D eigenvalue weighted by molar-refractivity contribution is -0.147. The van der Waals surface area contributed by atoms with Crippen LogP contribution in [-0.2, 0) is 9.53 Å². The van der Waals surface area contributed by atoms with Gasteiger partial charge in [-0.15, -0.1) is 11.6 Å². The first-order chi connectivity index (χ1) is 9.16. The van der Waals surface area contributed by atoms with Gasteiger partial charge in [0.05, 0.1) is 5.57 Å². The Labute approximate surface area is 118 Å². The molecule has 0 unspecified atom stereocenters. The zero-order valence-electron chi connectivity index (χ0n) is 10.9.